The van der Waals surface area contributed by atoms with Gasteiger partial charge in [-0.05, 0) is 45.6 Å². The Labute approximate surface area is 210 Å². The number of hydrogen-bond donors (Lipinski definition) is 3. The lowest BCUT2D eigenvalue weighted by atomic mass is 9.83. The highest BCUT2D eigenvalue weighted by atomic mass is 32.1. The molecular weight excluding hydrogens is 464 g/mol. The Morgan fingerprint density at radius 3 is 2.51 bits per heavy atom. The summed E-state index contributed by atoms with van der Waals surface area (Å²) in [6, 6.07) is 7.97. The summed E-state index contributed by atoms with van der Waals surface area (Å²) in [5.74, 6) is -0.503. The van der Waals surface area contributed by atoms with Crippen LogP contribution in [-0.2, 0) is 14.4 Å². The van der Waals surface area contributed by atoms with Crippen LogP contribution in [-0.4, -0.2) is 63.9 Å². The van der Waals surface area contributed by atoms with E-state index in [1.165, 1.54) is 0 Å². The minimum Gasteiger partial charge on any atom is -0.343 e. The van der Waals surface area contributed by atoms with Crippen molar-refractivity contribution in [2.45, 2.75) is 70.0 Å². The zero-order chi connectivity index (χ0) is 24.8. The molecule has 2 aromatic rings. The lowest BCUT2D eigenvalue weighted by Crippen LogP contribution is -2.57. The number of amides is 3. The highest BCUT2D eigenvalue weighted by Crippen LogP contribution is 2.31. The predicted octanol–water partition coefficient (Wildman–Crippen LogP) is 2.81. The standard InChI is InChI=1S/C25H34N6O3S/c1-16(26-2)22(32)27-21(18-12-7-4-8-13-18)25(34)31-15-9-14-19(31)23(33)28-24-20(29-30-35-24)17-10-5-3-6-11-17/h3,5-6,10-11,16,18-19,21,26H,4,7-9,12-15H2,1-2H3,(H,27,32)(H,28,33)/t16?,19-,21-/m0/s1. The van der Waals surface area contributed by atoms with E-state index in [4.69, 9.17) is 0 Å². The first-order valence-electron chi connectivity index (χ1n) is 12.5. The van der Waals surface area contributed by atoms with Crippen LogP contribution in [0.1, 0.15) is 51.9 Å². The van der Waals surface area contributed by atoms with Crippen molar-refractivity contribution in [1.29, 1.82) is 0 Å². The molecule has 2 fully saturated rings. The van der Waals surface area contributed by atoms with Crippen molar-refractivity contribution in [3.63, 3.8) is 0 Å². The van der Waals surface area contributed by atoms with Gasteiger partial charge in [-0.3, -0.25) is 14.4 Å². The zero-order valence-electron chi connectivity index (χ0n) is 20.3. The van der Waals surface area contributed by atoms with Gasteiger partial charge in [0, 0.05) is 23.6 Å². The number of aromatic nitrogens is 2. The van der Waals surface area contributed by atoms with Gasteiger partial charge in [0.15, 0.2) is 0 Å². The summed E-state index contributed by atoms with van der Waals surface area (Å²) in [6.07, 6.45) is 6.40. The van der Waals surface area contributed by atoms with Crippen LogP contribution in [0.15, 0.2) is 30.3 Å². The quantitative estimate of drug-likeness (QED) is 0.515. The van der Waals surface area contributed by atoms with Crippen molar-refractivity contribution in [2.75, 3.05) is 18.9 Å². The molecule has 4 rings (SSSR count). The maximum absolute atomic E-state index is 13.8. The van der Waals surface area contributed by atoms with E-state index in [2.05, 4.69) is 25.5 Å². The minimum atomic E-state index is -0.614. The zero-order valence-corrected chi connectivity index (χ0v) is 21.1. The first-order valence-corrected chi connectivity index (χ1v) is 13.2. The molecule has 1 aliphatic carbocycles. The minimum absolute atomic E-state index is 0.0870. The molecule has 3 amide bonds. The number of carbonyl (C=O) groups excluding carboxylic acids is 3. The monoisotopic (exact) mass is 498 g/mol. The molecule has 1 unspecified atom stereocenters. The Kier molecular flexibility index (Phi) is 8.46. The van der Waals surface area contributed by atoms with Crippen LogP contribution < -0.4 is 16.0 Å². The molecule has 1 saturated carbocycles. The summed E-state index contributed by atoms with van der Waals surface area (Å²) in [5, 5.41) is 13.7. The Morgan fingerprint density at radius 2 is 1.80 bits per heavy atom. The lowest BCUT2D eigenvalue weighted by molar-refractivity contribution is -0.142. The number of hydrogen-bond acceptors (Lipinski definition) is 7. The smallest absolute Gasteiger partial charge is 0.247 e. The van der Waals surface area contributed by atoms with Crippen molar-refractivity contribution in [1.82, 2.24) is 25.1 Å². The van der Waals surface area contributed by atoms with Crippen LogP contribution in [0.3, 0.4) is 0 Å². The number of rotatable bonds is 8. The second kappa shape index (κ2) is 11.7. The topological polar surface area (TPSA) is 116 Å². The van der Waals surface area contributed by atoms with Crippen molar-refractivity contribution in [3.05, 3.63) is 30.3 Å². The molecule has 35 heavy (non-hydrogen) atoms. The Morgan fingerprint density at radius 1 is 1.06 bits per heavy atom. The molecule has 1 aromatic carbocycles. The van der Waals surface area contributed by atoms with Crippen molar-refractivity contribution in [3.8, 4) is 11.3 Å². The van der Waals surface area contributed by atoms with Gasteiger partial charge in [0.05, 0.1) is 6.04 Å². The maximum Gasteiger partial charge on any atom is 0.247 e. The number of nitrogens with zero attached hydrogens (tertiary/aromatic N) is 3. The second-order valence-electron chi connectivity index (χ2n) is 9.39. The van der Waals surface area contributed by atoms with Gasteiger partial charge in [0.2, 0.25) is 17.7 Å². The molecule has 3 atom stereocenters. The summed E-state index contributed by atoms with van der Waals surface area (Å²) >= 11 is 1.12. The first-order chi connectivity index (χ1) is 17.0. The number of nitrogens with one attached hydrogen (secondary N) is 3. The Balaban J connectivity index is 1.50. The van der Waals surface area contributed by atoms with Crippen LogP contribution in [0.25, 0.3) is 11.3 Å². The van der Waals surface area contributed by atoms with E-state index in [9.17, 15) is 14.4 Å². The van der Waals surface area contributed by atoms with Crippen molar-refractivity contribution < 1.29 is 14.4 Å². The van der Waals surface area contributed by atoms with E-state index in [1.807, 2.05) is 30.3 Å². The average molecular weight is 499 g/mol. The van der Waals surface area contributed by atoms with Gasteiger partial charge < -0.3 is 20.9 Å². The van der Waals surface area contributed by atoms with E-state index in [1.54, 1.807) is 18.9 Å². The van der Waals surface area contributed by atoms with Gasteiger partial charge in [-0.2, -0.15) is 0 Å². The van der Waals surface area contributed by atoms with Crippen molar-refractivity contribution in [2.24, 2.45) is 5.92 Å². The van der Waals surface area contributed by atoms with Crippen LogP contribution in [0.4, 0.5) is 5.00 Å². The van der Waals surface area contributed by atoms with Crippen LogP contribution >= 0.6 is 11.5 Å². The molecule has 2 heterocycles. The molecule has 1 aromatic heterocycles. The van der Waals surface area contributed by atoms with E-state index in [-0.39, 0.29) is 23.6 Å². The number of likely N-dealkylation sites (tertiary alicyclic amines) is 1. The fourth-order valence-corrected chi connectivity index (χ4v) is 5.59. The van der Waals surface area contributed by atoms with Gasteiger partial charge in [-0.1, -0.05) is 54.1 Å². The summed E-state index contributed by atoms with van der Waals surface area (Å²) < 4.78 is 4.02. The number of likely N-dealkylation sites (N-methyl/N-ethyl adjacent to an activating group) is 1. The second-order valence-corrected chi connectivity index (χ2v) is 10.1. The summed E-state index contributed by atoms with van der Waals surface area (Å²) in [7, 11) is 1.72. The first kappa shape index (κ1) is 25.2. The molecule has 3 N–H and O–H groups in total. The third-order valence-corrected chi connectivity index (χ3v) is 7.76. The highest BCUT2D eigenvalue weighted by molar-refractivity contribution is 7.10. The van der Waals surface area contributed by atoms with Gasteiger partial charge >= 0.3 is 0 Å². The highest BCUT2D eigenvalue weighted by Gasteiger charge is 2.41. The van der Waals surface area contributed by atoms with Gasteiger partial charge in [-0.15, -0.1) is 5.10 Å². The third kappa shape index (κ3) is 5.87. The molecule has 188 valence electrons. The maximum atomic E-state index is 13.8. The van der Waals surface area contributed by atoms with Gasteiger partial charge in [-0.25, -0.2) is 0 Å². The number of benzene rings is 1. The summed E-state index contributed by atoms with van der Waals surface area (Å²) in [5.41, 5.74) is 1.49. The van der Waals surface area contributed by atoms with E-state index >= 15 is 0 Å². The van der Waals surface area contributed by atoms with Crippen LogP contribution in [0.5, 0.6) is 0 Å². The number of carbonyl (C=O) groups is 3. The van der Waals surface area contributed by atoms with E-state index < -0.39 is 18.1 Å². The molecular formula is C25H34N6O3S. The molecule has 0 bridgehead atoms. The molecule has 1 aliphatic heterocycles. The fraction of sp³-hybridized carbons (Fsp3) is 0.560. The largest absolute Gasteiger partial charge is 0.343 e. The van der Waals surface area contributed by atoms with Crippen molar-refractivity contribution >= 4 is 34.3 Å². The summed E-state index contributed by atoms with van der Waals surface area (Å²) in [6.45, 7) is 2.28. The molecule has 0 radical (unpaired) electrons. The van der Waals surface area contributed by atoms with E-state index in [0.717, 1.165) is 55.6 Å². The van der Waals surface area contributed by atoms with Crippen LogP contribution in [0, 0.1) is 5.92 Å². The van der Waals surface area contributed by atoms with Gasteiger partial charge in [0.1, 0.15) is 22.8 Å². The molecule has 1 saturated heterocycles. The lowest BCUT2D eigenvalue weighted by Gasteiger charge is -2.35. The molecule has 0 spiro atoms. The third-order valence-electron chi connectivity index (χ3n) is 7.12. The molecule has 10 heteroatoms. The fourth-order valence-electron chi connectivity index (χ4n) is 4.99. The Hall–Kier alpha value is -2.85. The predicted molar refractivity (Wildman–Crippen MR) is 136 cm³/mol. The summed E-state index contributed by atoms with van der Waals surface area (Å²) in [4.78, 5) is 41.5. The molecule has 2 aliphatic rings. The Bertz CT molecular complexity index is 1020. The normalized spacial score (nSPS) is 20.3. The van der Waals surface area contributed by atoms with Crippen LogP contribution in [0.2, 0.25) is 0 Å². The molecule has 9 nitrogen and oxygen atoms in total. The van der Waals surface area contributed by atoms with E-state index in [0.29, 0.717) is 23.7 Å². The van der Waals surface area contributed by atoms with Gasteiger partial charge in [0.25, 0.3) is 0 Å². The average Bonchev–Trinajstić information content (AvgIpc) is 3.57. The number of anilines is 1. The SMILES string of the molecule is CNC(C)C(=O)N[C@H](C(=O)N1CCC[C@H]1C(=O)Nc1snnc1-c1ccccc1)C1CCCCC1.